The number of nitrogens with zero attached hydrogens (tertiary/aromatic N) is 2. The lowest BCUT2D eigenvalue weighted by molar-refractivity contribution is 0.0917. The van der Waals surface area contributed by atoms with Crippen molar-refractivity contribution in [3.8, 4) is 16.9 Å². The van der Waals surface area contributed by atoms with Crippen LogP contribution >= 0.6 is 11.3 Å². The van der Waals surface area contributed by atoms with E-state index in [1.807, 2.05) is 67.6 Å². The number of ether oxygens (including phenoxy) is 2. The van der Waals surface area contributed by atoms with Gasteiger partial charge in [-0.15, -0.1) is 0 Å². The summed E-state index contributed by atoms with van der Waals surface area (Å²) in [5, 5.41) is 0.671. The Bertz CT molecular complexity index is 1230. The Labute approximate surface area is 197 Å². The largest absolute Gasteiger partial charge is 0.492 e. The number of carbonyl (C=O) groups excluding carboxylic acids is 1. The molecule has 1 aromatic heterocycles. The van der Waals surface area contributed by atoms with E-state index in [1.165, 1.54) is 11.3 Å². The van der Waals surface area contributed by atoms with E-state index in [9.17, 15) is 4.79 Å². The summed E-state index contributed by atoms with van der Waals surface area (Å²) in [6.07, 6.45) is 1.99. The Morgan fingerprint density at radius 2 is 1.85 bits per heavy atom. The molecule has 168 valence electrons. The predicted molar refractivity (Wildman–Crippen MR) is 133 cm³/mol. The molecule has 1 fully saturated rings. The number of hydrogen-bond donors (Lipinski definition) is 0. The first-order chi connectivity index (χ1) is 16.2. The highest BCUT2D eigenvalue weighted by Crippen LogP contribution is 2.35. The Kier molecular flexibility index (Phi) is 6.37. The summed E-state index contributed by atoms with van der Waals surface area (Å²) in [5.41, 5.74) is 3.64. The van der Waals surface area contributed by atoms with Crippen LogP contribution in [0.2, 0.25) is 0 Å². The third kappa shape index (κ3) is 4.63. The number of fused-ring (bicyclic) bond motifs is 1. The van der Waals surface area contributed by atoms with Crippen LogP contribution in [0.1, 0.15) is 30.1 Å². The van der Waals surface area contributed by atoms with Gasteiger partial charge in [-0.25, -0.2) is 4.98 Å². The third-order valence-corrected chi connectivity index (χ3v) is 6.84. The van der Waals surface area contributed by atoms with Gasteiger partial charge in [0.1, 0.15) is 11.3 Å². The number of amides is 1. The zero-order valence-electron chi connectivity index (χ0n) is 18.6. The molecule has 5 nitrogen and oxygen atoms in total. The summed E-state index contributed by atoms with van der Waals surface area (Å²) in [6, 6.07) is 23.8. The molecule has 1 amide bonds. The molecule has 0 bridgehead atoms. The fourth-order valence-electron chi connectivity index (χ4n) is 4.13. The Morgan fingerprint density at radius 1 is 1.06 bits per heavy atom. The number of hydrogen-bond acceptors (Lipinski definition) is 5. The van der Waals surface area contributed by atoms with Crippen molar-refractivity contribution in [3.05, 3.63) is 78.4 Å². The predicted octanol–water partition coefficient (Wildman–Crippen LogP) is 6.19. The minimum atomic E-state index is -0.0675. The standard InChI is InChI=1S/C27H26N2O3S/c1-2-31-23-11-6-12-24-25(23)28-27(33-24)29(18-22-10-7-17-32-22)26(30)21-15-13-20(14-16-21)19-8-4-3-5-9-19/h3-6,8-9,11-16,22H,2,7,10,17-18H2,1H3. The molecule has 1 atom stereocenters. The van der Waals surface area contributed by atoms with Gasteiger partial charge in [0.2, 0.25) is 0 Å². The highest BCUT2D eigenvalue weighted by atomic mass is 32.1. The van der Waals surface area contributed by atoms with Gasteiger partial charge in [-0.2, -0.15) is 0 Å². The van der Waals surface area contributed by atoms with Crippen LogP contribution in [0.4, 0.5) is 5.13 Å². The van der Waals surface area contributed by atoms with Crippen molar-refractivity contribution in [3.63, 3.8) is 0 Å². The van der Waals surface area contributed by atoms with E-state index in [2.05, 4.69) is 12.1 Å². The zero-order chi connectivity index (χ0) is 22.6. The lowest BCUT2D eigenvalue weighted by atomic mass is 10.0. The molecular weight excluding hydrogens is 432 g/mol. The van der Waals surface area contributed by atoms with Crippen LogP contribution < -0.4 is 9.64 Å². The summed E-state index contributed by atoms with van der Waals surface area (Å²) in [7, 11) is 0. The second-order valence-corrected chi connectivity index (χ2v) is 9.04. The van der Waals surface area contributed by atoms with Gasteiger partial charge in [0.25, 0.3) is 5.91 Å². The van der Waals surface area contributed by atoms with Crippen LogP contribution in [0.25, 0.3) is 21.3 Å². The van der Waals surface area contributed by atoms with Gasteiger partial charge in [0.15, 0.2) is 5.13 Å². The molecule has 0 saturated carbocycles. The quantitative estimate of drug-likeness (QED) is 0.331. The van der Waals surface area contributed by atoms with Gasteiger partial charge >= 0.3 is 0 Å². The second kappa shape index (κ2) is 9.73. The molecule has 5 rings (SSSR count). The van der Waals surface area contributed by atoms with Crippen molar-refractivity contribution in [1.29, 1.82) is 0 Å². The van der Waals surface area contributed by atoms with Gasteiger partial charge < -0.3 is 9.47 Å². The maximum atomic E-state index is 13.7. The topological polar surface area (TPSA) is 51.7 Å². The molecule has 1 aliphatic rings. The molecule has 0 aliphatic carbocycles. The van der Waals surface area contributed by atoms with Gasteiger partial charge in [-0.3, -0.25) is 9.69 Å². The normalized spacial score (nSPS) is 15.6. The highest BCUT2D eigenvalue weighted by molar-refractivity contribution is 7.22. The highest BCUT2D eigenvalue weighted by Gasteiger charge is 2.27. The summed E-state index contributed by atoms with van der Waals surface area (Å²) in [4.78, 5) is 20.3. The molecule has 0 spiro atoms. The molecule has 1 aliphatic heterocycles. The average Bonchev–Trinajstić information content (AvgIpc) is 3.53. The van der Waals surface area contributed by atoms with Crippen molar-refractivity contribution < 1.29 is 14.3 Å². The van der Waals surface area contributed by atoms with E-state index in [-0.39, 0.29) is 12.0 Å². The molecule has 1 unspecified atom stereocenters. The lowest BCUT2D eigenvalue weighted by Gasteiger charge is -2.23. The monoisotopic (exact) mass is 458 g/mol. The first kappa shape index (κ1) is 21.6. The fourth-order valence-corrected chi connectivity index (χ4v) is 5.12. The Balaban J connectivity index is 1.48. The van der Waals surface area contributed by atoms with Crippen LogP contribution in [0.15, 0.2) is 72.8 Å². The molecule has 0 radical (unpaired) electrons. The zero-order valence-corrected chi connectivity index (χ0v) is 19.4. The molecule has 1 saturated heterocycles. The van der Waals surface area contributed by atoms with Crippen molar-refractivity contribution in [2.75, 3.05) is 24.7 Å². The molecular formula is C27H26N2O3S. The van der Waals surface area contributed by atoms with Gasteiger partial charge in [-0.1, -0.05) is 59.9 Å². The average molecular weight is 459 g/mol. The molecule has 6 heteroatoms. The van der Waals surface area contributed by atoms with Gasteiger partial charge in [0.05, 0.1) is 24.0 Å². The summed E-state index contributed by atoms with van der Waals surface area (Å²) >= 11 is 1.51. The SMILES string of the molecule is CCOc1cccc2sc(N(CC3CCCO3)C(=O)c3ccc(-c4ccccc4)cc3)nc12. The van der Waals surface area contributed by atoms with Crippen LogP contribution in [-0.4, -0.2) is 36.8 Å². The number of rotatable bonds is 7. The van der Waals surface area contributed by atoms with Crippen LogP contribution in [0, 0.1) is 0 Å². The van der Waals surface area contributed by atoms with Crippen LogP contribution in [0.5, 0.6) is 5.75 Å². The number of thiazole rings is 1. The van der Waals surface area contributed by atoms with Crippen LogP contribution in [0.3, 0.4) is 0 Å². The van der Waals surface area contributed by atoms with Crippen molar-refractivity contribution in [2.45, 2.75) is 25.9 Å². The van der Waals surface area contributed by atoms with E-state index in [0.717, 1.165) is 46.5 Å². The van der Waals surface area contributed by atoms with E-state index in [0.29, 0.717) is 23.8 Å². The minimum absolute atomic E-state index is 0.0240. The summed E-state index contributed by atoms with van der Waals surface area (Å²) < 4.78 is 12.6. The first-order valence-corrected chi connectivity index (χ1v) is 12.2. The van der Waals surface area contributed by atoms with Crippen molar-refractivity contribution in [2.24, 2.45) is 0 Å². The maximum Gasteiger partial charge on any atom is 0.260 e. The number of aromatic nitrogens is 1. The maximum absolute atomic E-state index is 13.7. The Morgan fingerprint density at radius 3 is 2.58 bits per heavy atom. The molecule has 0 N–H and O–H groups in total. The number of benzene rings is 3. The van der Waals surface area contributed by atoms with Gasteiger partial charge in [-0.05, 0) is 55.2 Å². The smallest absolute Gasteiger partial charge is 0.260 e. The third-order valence-electron chi connectivity index (χ3n) is 5.80. The molecule has 2 heterocycles. The number of carbonyl (C=O) groups is 1. The van der Waals surface area contributed by atoms with E-state index < -0.39 is 0 Å². The van der Waals surface area contributed by atoms with E-state index >= 15 is 0 Å². The summed E-state index contributed by atoms with van der Waals surface area (Å²) in [5.74, 6) is 0.677. The molecule has 33 heavy (non-hydrogen) atoms. The fraction of sp³-hybridized carbons (Fsp3) is 0.259. The van der Waals surface area contributed by atoms with Crippen LogP contribution in [-0.2, 0) is 4.74 Å². The van der Waals surface area contributed by atoms with Crippen molar-refractivity contribution >= 4 is 32.6 Å². The van der Waals surface area contributed by atoms with Gasteiger partial charge in [0, 0.05) is 12.2 Å². The molecule has 3 aromatic carbocycles. The number of para-hydroxylation sites is 1. The number of anilines is 1. The molecule has 4 aromatic rings. The first-order valence-electron chi connectivity index (χ1n) is 11.3. The van der Waals surface area contributed by atoms with Crippen molar-refractivity contribution in [1.82, 2.24) is 4.98 Å². The van der Waals surface area contributed by atoms with E-state index in [1.54, 1.807) is 4.90 Å². The Hall–Kier alpha value is -3.22. The second-order valence-electron chi connectivity index (χ2n) is 8.03. The lowest BCUT2D eigenvalue weighted by Crippen LogP contribution is -2.37. The summed E-state index contributed by atoms with van der Waals surface area (Å²) in [6.45, 7) is 3.76. The minimum Gasteiger partial charge on any atom is -0.492 e. The van der Waals surface area contributed by atoms with E-state index in [4.69, 9.17) is 14.5 Å².